The largest absolute Gasteiger partial charge is 0.224 e. The van der Waals surface area contributed by atoms with Crippen LogP contribution in [-0.2, 0) is 9.84 Å². The van der Waals surface area contributed by atoms with Crippen LogP contribution >= 0.6 is 27.5 Å². The molecule has 1 rings (SSSR count). The van der Waals surface area contributed by atoms with Gasteiger partial charge in [0.25, 0.3) is 0 Å². The molecule has 0 N–H and O–H groups in total. The van der Waals surface area contributed by atoms with Crippen LogP contribution in [0, 0.1) is 11.8 Å². The summed E-state index contributed by atoms with van der Waals surface area (Å²) in [5.74, 6) is 0.615. The van der Waals surface area contributed by atoms with Crippen LogP contribution < -0.4 is 0 Å². The van der Waals surface area contributed by atoms with Crippen molar-refractivity contribution in [3.8, 4) is 0 Å². The summed E-state index contributed by atoms with van der Waals surface area (Å²) in [7, 11) is -3.22. The van der Waals surface area contributed by atoms with Gasteiger partial charge in [0.05, 0.1) is 10.6 Å². The van der Waals surface area contributed by atoms with Gasteiger partial charge in [0, 0.05) is 10.4 Å². The lowest BCUT2D eigenvalue weighted by atomic mass is 10.0. The zero-order chi connectivity index (χ0) is 13.1. The number of alkyl halides is 1. The Balaban J connectivity index is 2.92. The molecular weight excluding hydrogens is 324 g/mol. The van der Waals surface area contributed by atoms with E-state index in [0.717, 1.165) is 0 Å². The molecule has 0 bridgehead atoms. The van der Waals surface area contributed by atoms with Crippen LogP contribution in [0.25, 0.3) is 0 Å². The minimum Gasteiger partial charge on any atom is -0.224 e. The molecule has 5 heteroatoms. The summed E-state index contributed by atoms with van der Waals surface area (Å²) < 4.78 is 24.3. The maximum absolute atomic E-state index is 12.2. The Morgan fingerprint density at radius 3 is 2.18 bits per heavy atom. The van der Waals surface area contributed by atoms with Gasteiger partial charge in [0.2, 0.25) is 0 Å². The van der Waals surface area contributed by atoms with Gasteiger partial charge >= 0.3 is 0 Å². The molecule has 1 aromatic rings. The van der Waals surface area contributed by atoms with Crippen LogP contribution in [-0.4, -0.2) is 19.5 Å². The predicted molar refractivity (Wildman–Crippen MR) is 75.6 cm³/mol. The molecule has 0 heterocycles. The lowest BCUT2D eigenvalue weighted by Crippen LogP contribution is -2.22. The van der Waals surface area contributed by atoms with E-state index in [1.165, 1.54) is 0 Å². The van der Waals surface area contributed by atoms with Crippen LogP contribution in [0.15, 0.2) is 29.2 Å². The summed E-state index contributed by atoms with van der Waals surface area (Å²) in [5.41, 5.74) is 0. The van der Waals surface area contributed by atoms with Gasteiger partial charge < -0.3 is 0 Å². The molecule has 0 saturated heterocycles. The molecule has 0 aliphatic heterocycles. The molecule has 0 saturated carbocycles. The fraction of sp³-hybridized carbons (Fsp3) is 0.500. The van der Waals surface area contributed by atoms with Crippen molar-refractivity contribution in [3.05, 3.63) is 29.3 Å². The van der Waals surface area contributed by atoms with E-state index in [1.807, 2.05) is 13.8 Å². The van der Waals surface area contributed by atoms with Crippen molar-refractivity contribution in [3.63, 3.8) is 0 Å². The average Bonchev–Trinajstić information content (AvgIpc) is 2.26. The molecule has 0 amide bonds. The topological polar surface area (TPSA) is 34.1 Å². The first-order valence-electron chi connectivity index (χ1n) is 5.41. The molecule has 0 radical (unpaired) electrons. The second-order valence-electron chi connectivity index (χ2n) is 4.39. The maximum Gasteiger partial charge on any atom is 0.178 e. The van der Waals surface area contributed by atoms with E-state index >= 15 is 0 Å². The van der Waals surface area contributed by atoms with Gasteiger partial charge in [-0.1, -0.05) is 41.4 Å². The fourth-order valence-corrected chi connectivity index (χ4v) is 4.65. The van der Waals surface area contributed by atoms with Crippen molar-refractivity contribution < 1.29 is 8.42 Å². The molecule has 0 aromatic heterocycles. The summed E-state index contributed by atoms with van der Waals surface area (Å²) in [6.45, 7) is 4.06. The monoisotopic (exact) mass is 338 g/mol. The Bertz CT molecular complexity index is 454. The predicted octanol–water partition coefficient (Wildman–Crippen LogP) is 3.78. The van der Waals surface area contributed by atoms with Crippen molar-refractivity contribution in [1.29, 1.82) is 0 Å². The van der Waals surface area contributed by atoms with Crippen molar-refractivity contribution in [1.82, 2.24) is 0 Å². The molecular formula is C12H16BrClO2S. The first-order chi connectivity index (χ1) is 7.86. The van der Waals surface area contributed by atoms with Crippen LogP contribution in [0.4, 0.5) is 0 Å². The van der Waals surface area contributed by atoms with E-state index in [0.29, 0.717) is 21.2 Å². The third-order valence-electron chi connectivity index (χ3n) is 2.75. The SMILES string of the molecule is CC(C)C(CBr)CS(=O)(=O)c1ccc(Cl)cc1. The lowest BCUT2D eigenvalue weighted by molar-refractivity contribution is 0.462. The second-order valence-corrected chi connectivity index (χ2v) is 7.51. The smallest absolute Gasteiger partial charge is 0.178 e. The molecule has 2 nitrogen and oxygen atoms in total. The van der Waals surface area contributed by atoms with E-state index < -0.39 is 9.84 Å². The Morgan fingerprint density at radius 1 is 1.24 bits per heavy atom. The summed E-state index contributed by atoms with van der Waals surface area (Å²) in [6, 6.07) is 6.33. The van der Waals surface area contributed by atoms with Crippen LogP contribution in [0.3, 0.4) is 0 Å². The van der Waals surface area contributed by atoms with E-state index in [4.69, 9.17) is 11.6 Å². The van der Waals surface area contributed by atoms with Crippen LogP contribution in [0.1, 0.15) is 13.8 Å². The van der Waals surface area contributed by atoms with Gasteiger partial charge in [-0.2, -0.15) is 0 Å². The summed E-state index contributed by atoms with van der Waals surface area (Å²) >= 11 is 9.11. The molecule has 96 valence electrons. The molecule has 0 spiro atoms. The summed E-state index contributed by atoms with van der Waals surface area (Å²) in [5, 5.41) is 1.24. The van der Waals surface area contributed by atoms with Gasteiger partial charge in [-0.05, 0) is 36.1 Å². The van der Waals surface area contributed by atoms with E-state index in [1.54, 1.807) is 24.3 Å². The van der Waals surface area contributed by atoms with Gasteiger partial charge in [0.1, 0.15) is 0 Å². The first-order valence-corrected chi connectivity index (χ1v) is 8.56. The third-order valence-corrected chi connectivity index (χ3v) is 5.69. The Morgan fingerprint density at radius 2 is 1.76 bits per heavy atom. The molecule has 17 heavy (non-hydrogen) atoms. The first kappa shape index (κ1) is 15.0. The second kappa shape index (κ2) is 6.21. The molecule has 1 atom stereocenters. The number of hydrogen-bond acceptors (Lipinski definition) is 2. The minimum atomic E-state index is -3.22. The Kier molecular flexibility index (Phi) is 5.48. The van der Waals surface area contributed by atoms with E-state index in [-0.39, 0.29) is 11.7 Å². The molecule has 0 aliphatic rings. The number of halogens is 2. The lowest BCUT2D eigenvalue weighted by Gasteiger charge is -2.18. The number of rotatable bonds is 5. The number of sulfone groups is 1. The fourth-order valence-electron chi connectivity index (χ4n) is 1.44. The van der Waals surface area contributed by atoms with Crippen molar-refractivity contribution in [2.45, 2.75) is 18.7 Å². The number of hydrogen-bond donors (Lipinski definition) is 0. The normalized spacial score (nSPS) is 13.9. The molecule has 0 fully saturated rings. The molecule has 1 unspecified atom stereocenters. The highest BCUT2D eigenvalue weighted by atomic mass is 79.9. The summed E-state index contributed by atoms with van der Waals surface area (Å²) in [6.07, 6.45) is 0. The number of benzene rings is 1. The Labute approximate surface area is 116 Å². The average molecular weight is 340 g/mol. The van der Waals surface area contributed by atoms with Crippen molar-refractivity contribution in [2.24, 2.45) is 11.8 Å². The van der Waals surface area contributed by atoms with Crippen LogP contribution in [0.2, 0.25) is 5.02 Å². The molecule has 1 aromatic carbocycles. The molecule has 0 aliphatic carbocycles. The third kappa shape index (κ3) is 4.27. The zero-order valence-electron chi connectivity index (χ0n) is 9.86. The highest BCUT2D eigenvalue weighted by Gasteiger charge is 2.22. The summed E-state index contributed by atoms with van der Waals surface area (Å²) in [4.78, 5) is 0.341. The quantitative estimate of drug-likeness (QED) is 0.765. The zero-order valence-corrected chi connectivity index (χ0v) is 13.0. The van der Waals surface area contributed by atoms with Gasteiger partial charge in [-0.15, -0.1) is 0 Å². The van der Waals surface area contributed by atoms with Crippen LogP contribution in [0.5, 0.6) is 0 Å². The van der Waals surface area contributed by atoms with E-state index in [2.05, 4.69) is 15.9 Å². The highest BCUT2D eigenvalue weighted by Crippen LogP contribution is 2.22. The van der Waals surface area contributed by atoms with Crippen molar-refractivity contribution >= 4 is 37.4 Å². The minimum absolute atomic E-state index is 0.121. The standard InChI is InChI=1S/C12H16BrClO2S/c1-9(2)10(7-13)8-17(15,16)12-5-3-11(14)4-6-12/h3-6,9-10H,7-8H2,1-2H3. The van der Waals surface area contributed by atoms with Gasteiger partial charge in [-0.3, -0.25) is 0 Å². The van der Waals surface area contributed by atoms with Gasteiger partial charge in [0.15, 0.2) is 9.84 Å². The maximum atomic E-state index is 12.2. The van der Waals surface area contributed by atoms with Crippen molar-refractivity contribution in [2.75, 3.05) is 11.1 Å². The van der Waals surface area contributed by atoms with E-state index in [9.17, 15) is 8.42 Å². The Hall–Kier alpha value is -0.0600. The highest BCUT2D eigenvalue weighted by molar-refractivity contribution is 9.09. The van der Waals surface area contributed by atoms with Gasteiger partial charge in [-0.25, -0.2) is 8.42 Å².